The highest BCUT2D eigenvalue weighted by molar-refractivity contribution is 6.30. The number of esters is 1. The zero-order chi connectivity index (χ0) is 31.2. The highest BCUT2D eigenvalue weighted by atomic mass is 35.5. The summed E-state index contributed by atoms with van der Waals surface area (Å²) in [6, 6.07) is 11.7. The van der Waals surface area contributed by atoms with Gasteiger partial charge in [0.25, 0.3) is 5.91 Å². The van der Waals surface area contributed by atoms with Gasteiger partial charge in [-0.05, 0) is 55.7 Å². The van der Waals surface area contributed by atoms with Gasteiger partial charge in [-0.3, -0.25) is 14.4 Å². The lowest BCUT2D eigenvalue weighted by Crippen LogP contribution is -2.39. The van der Waals surface area contributed by atoms with Crippen LogP contribution >= 0.6 is 11.6 Å². The van der Waals surface area contributed by atoms with Crippen LogP contribution in [0.2, 0.25) is 5.02 Å². The summed E-state index contributed by atoms with van der Waals surface area (Å²) in [6.45, 7) is 5.26. The van der Waals surface area contributed by atoms with Crippen LogP contribution in [0.3, 0.4) is 0 Å². The normalized spacial score (nSPS) is 12.8. The van der Waals surface area contributed by atoms with Crippen LogP contribution in [-0.2, 0) is 26.3 Å². The summed E-state index contributed by atoms with van der Waals surface area (Å²) >= 11 is 6.08. The molecule has 226 valence electrons. The third-order valence-electron chi connectivity index (χ3n) is 6.58. The van der Waals surface area contributed by atoms with Gasteiger partial charge in [0.2, 0.25) is 6.41 Å². The minimum Gasteiger partial charge on any atom is -0.465 e. The first-order valence-corrected chi connectivity index (χ1v) is 13.5. The Morgan fingerprint density at radius 1 is 1.10 bits per heavy atom. The highest BCUT2D eigenvalue weighted by Crippen LogP contribution is 2.39. The van der Waals surface area contributed by atoms with Crippen molar-refractivity contribution in [1.29, 1.82) is 0 Å². The number of rotatable bonds is 12. The Balaban J connectivity index is 2.42. The Labute approximate surface area is 246 Å². The van der Waals surface area contributed by atoms with E-state index in [4.69, 9.17) is 16.3 Å². The van der Waals surface area contributed by atoms with Gasteiger partial charge < -0.3 is 23.8 Å². The molecule has 0 saturated carbocycles. The average molecular weight is 609 g/mol. The quantitative estimate of drug-likeness (QED) is 0.201. The first kappa shape index (κ1) is 32.5. The van der Waals surface area contributed by atoms with Gasteiger partial charge in [-0.25, -0.2) is 4.98 Å². The summed E-state index contributed by atoms with van der Waals surface area (Å²) in [7, 11) is 3.00. The molecule has 0 spiro atoms. The van der Waals surface area contributed by atoms with Crippen molar-refractivity contribution in [2.24, 2.45) is 0 Å². The lowest BCUT2D eigenvalue weighted by Gasteiger charge is -2.29. The second kappa shape index (κ2) is 13.3. The van der Waals surface area contributed by atoms with Gasteiger partial charge in [0.15, 0.2) is 11.5 Å². The van der Waals surface area contributed by atoms with Gasteiger partial charge in [-0.15, -0.1) is 13.2 Å². The van der Waals surface area contributed by atoms with E-state index < -0.39 is 29.4 Å². The number of alkyl halides is 3. The Kier molecular flexibility index (Phi) is 10.3. The summed E-state index contributed by atoms with van der Waals surface area (Å²) in [5.74, 6) is -1.95. The Morgan fingerprint density at radius 2 is 1.76 bits per heavy atom. The molecule has 0 aliphatic rings. The van der Waals surface area contributed by atoms with Crippen LogP contribution in [0.1, 0.15) is 54.6 Å². The molecule has 9 nitrogen and oxygen atoms in total. The van der Waals surface area contributed by atoms with Crippen molar-refractivity contribution in [2.75, 3.05) is 32.1 Å². The van der Waals surface area contributed by atoms with E-state index in [1.54, 1.807) is 38.2 Å². The van der Waals surface area contributed by atoms with Crippen molar-refractivity contribution in [3.05, 3.63) is 76.2 Å². The molecule has 1 heterocycles. The van der Waals surface area contributed by atoms with E-state index in [0.717, 1.165) is 17.0 Å². The van der Waals surface area contributed by atoms with Gasteiger partial charge in [-0.1, -0.05) is 42.8 Å². The van der Waals surface area contributed by atoms with Crippen LogP contribution in [0.5, 0.6) is 5.75 Å². The van der Waals surface area contributed by atoms with E-state index in [1.165, 1.54) is 35.6 Å². The standard InChI is InChI=1S/C29H32ClF3N4O5/c1-6-15-35(4)25(39)23-24(36(5)18-38)34-26(37(23)17-19-11-13-21(30)14-12-19)28(3,27(40)41-7-2)20-9-8-10-22(16-20)42-29(31,32)33/h8-14,16,18H,6-7,15,17H2,1-5H3. The van der Waals surface area contributed by atoms with E-state index in [9.17, 15) is 27.6 Å². The van der Waals surface area contributed by atoms with Gasteiger partial charge in [0.05, 0.1) is 6.61 Å². The lowest BCUT2D eigenvalue weighted by atomic mass is 9.81. The summed E-state index contributed by atoms with van der Waals surface area (Å²) in [4.78, 5) is 46.8. The fourth-order valence-corrected chi connectivity index (χ4v) is 4.62. The molecule has 0 N–H and O–H groups in total. The minimum absolute atomic E-state index is 0.000967. The number of anilines is 1. The largest absolute Gasteiger partial charge is 0.573 e. The molecule has 0 fully saturated rings. The van der Waals surface area contributed by atoms with Gasteiger partial charge in [-0.2, -0.15) is 0 Å². The number of hydrogen-bond acceptors (Lipinski definition) is 6. The summed E-state index contributed by atoms with van der Waals surface area (Å²) in [5, 5.41) is 0.475. The van der Waals surface area contributed by atoms with Crippen molar-refractivity contribution < 1.29 is 37.0 Å². The number of nitrogens with zero attached hydrogens (tertiary/aromatic N) is 4. The molecule has 0 bridgehead atoms. The molecular weight excluding hydrogens is 577 g/mol. The van der Waals surface area contributed by atoms with E-state index in [1.807, 2.05) is 6.92 Å². The first-order chi connectivity index (χ1) is 19.8. The van der Waals surface area contributed by atoms with E-state index in [-0.39, 0.29) is 36.1 Å². The average Bonchev–Trinajstić information content (AvgIpc) is 3.31. The summed E-state index contributed by atoms with van der Waals surface area (Å²) in [5.41, 5.74) is -1.12. The fraction of sp³-hybridized carbons (Fsp3) is 0.379. The van der Waals surface area contributed by atoms with E-state index >= 15 is 0 Å². The number of amides is 2. The highest BCUT2D eigenvalue weighted by Gasteiger charge is 2.46. The van der Waals surface area contributed by atoms with Gasteiger partial charge in [0.1, 0.15) is 17.0 Å². The molecular formula is C29H32ClF3N4O5. The van der Waals surface area contributed by atoms with E-state index in [2.05, 4.69) is 9.72 Å². The predicted octanol–water partition coefficient (Wildman–Crippen LogP) is 5.43. The number of aromatic nitrogens is 2. The number of imidazole rings is 1. The topological polar surface area (TPSA) is 94.0 Å². The zero-order valence-electron chi connectivity index (χ0n) is 23.9. The molecule has 42 heavy (non-hydrogen) atoms. The third kappa shape index (κ3) is 7.04. The maximum Gasteiger partial charge on any atom is 0.573 e. The molecule has 3 aromatic rings. The number of ether oxygens (including phenoxy) is 2. The Morgan fingerprint density at radius 3 is 2.33 bits per heavy atom. The lowest BCUT2D eigenvalue weighted by molar-refractivity contribution is -0.274. The molecule has 1 unspecified atom stereocenters. The second-order valence-corrected chi connectivity index (χ2v) is 10.1. The van der Waals surface area contributed by atoms with Crippen LogP contribution in [-0.4, -0.2) is 66.3 Å². The summed E-state index contributed by atoms with van der Waals surface area (Å²) in [6.07, 6.45) is -3.87. The van der Waals surface area contributed by atoms with Gasteiger partial charge in [0, 0.05) is 32.2 Å². The smallest absolute Gasteiger partial charge is 0.465 e. The van der Waals surface area contributed by atoms with Crippen LogP contribution < -0.4 is 9.64 Å². The molecule has 0 radical (unpaired) electrons. The van der Waals surface area contributed by atoms with Crippen LogP contribution in [0.15, 0.2) is 48.5 Å². The van der Waals surface area contributed by atoms with Crippen LogP contribution in [0.4, 0.5) is 19.0 Å². The van der Waals surface area contributed by atoms with Crippen molar-refractivity contribution in [1.82, 2.24) is 14.5 Å². The molecule has 0 aliphatic heterocycles. The van der Waals surface area contributed by atoms with Crippen molar-refractivity contribution in [2.45, 2.75) is 45.5 Å². The first-order valence-electron chi connectivity index (χ1n) is 13.1. The monoisotopic (exact) mass is 608 g/mol. The molecule has 2 amide bonds. The molecule has 3 rings (SSSR count). The number of benzene rings is 2. The maximum absolute atomic E-state index is 13.9. The maximum atomic E-state index is 13.9. The number of carbonyl (C=O) groups is 3. The summed E-state index contributed by atoms with van der Waals surface area (Å²) < 4.78 is 50.3. The Hall–Kier alpha value is -4.06. The van der Waals surface area contributed by atoms with Crippen molar-refractivity contribution in [3.8, 4) is 5.75 Å². The zero-order valence-corrected chi connectivity index (χ0v) is 24.6. The molecule has 0 saturated heterocycles. The van der Waals surface area contributed by atoms with Crippen LogP contribution in [0, 0.1) is 0 Å². The Bertz CT molecular complexity index is 1430. The second-order valence-electron chi connectivity index (χ2n) is 9.68. The predicted molar refractivity (Wildman–Crippen MR) is 151 cm³/mol. The molecule has 1 atom stereocenters. The SMILES string of the molecule is CCCN(C)C(=O)c1c(N(C)C=O)nc(C(C)(C(=O)OCC)c2cccc(OC(F)(F)F)c2)n1Cc1ccc(Cl)cc1. The molecule has 2 aromatic carbocycles. The molecule has 1 aromatic heterocycles. The fourth-order valence-electron chi connectivity index (χ4n) is 4.49. The van der Waals surface area contributed by atoms with Gasteiger partial charge >= 0.3 is 12.3 Å². The number of carbonyl (C=O) groups excluding carboxylic acids is 3. The minimum atomic E-state index is -4.98. The molecule has 0 aliphatic carbocycles. The molecule has 13 heteroatoms. The van der Waals surface area contributed by atoms with E-state index in [0.29, 0.717) is 30.0 Å². The number of halogens is 4. The van der Waals surface area contributed by atoms with Crippen molar-refractivity contribution in [3.63, 3.8) is 0 Å². The third-order valence-corrected chi connectivity index (χ3v) is 6.83. The van der Waals surface area contributed by atoms with Crippen molar-refractivity contribution >= 4 is 35.7 Å². The van der Waals surface area contributed by atoms with Crippen LogP contribution in [0.25, 0.3) is 0 Å². The number of hydrogen-bond donors (Lipinski definition) is 0.